The molecular weight excluding hydrogens is 488 g/mol. The third kappa shape index (κ3) is 5.51. The first-order chi connectivity index (χ1) is 16.9. The number of hydrogen-bond acceptors (Lipinski definition) is 10. The van der Waals surface area contributed by atoms with Crippen molar-refractivity contribution in [2.24, 2.45) is 0 Å². The number of rotatable bonds is 7. The molecule has 11 nitrogen and oxygen atoms in total. The minimum absolute atomic E-state index is 0.0803. The number of esters is 4. The molecule has 0 aliphatic carbocycles. The Bertz CT molecular complexity index is 1270. The maximum absolute atomic E-state index is 14.2. The SMILES string of the molecule is CCOC(=O)c1cn([C@@H]2O[C@H](COC(C)=O)[C@@H](OC(C)=O)[C@H]2OC(C)=O)c2cc(F)c(F)cc2c1=O. The second kappa shape index (κ2) is 10.8. The number of pyridine rings is 1. The molecule has 0 spiro atoms. The lowest BCUT2D eigenvalue weighted by atomic mass is 10.1. The summed E-state index contributed by atoms with van der Waals surface area (Å²) in [5, 5.41) is -0.392. The molecular formula is C23H23F2NO10. The summed E-state index contributed by atoms with van der Waals surface area (Å²) in [5.74, 6) is -5.97. The zero-order chi connectivity index (χ0) is 26.7. The van der Waals surface area contributed by atoms with E-state index in [1.54, 1.807) is 0 Å². The molecule has 3 rings (SSSR count). The fraction of sp³-hybridized carbons (Fsp3) is 0.435. The Morgan fingerprint density at radius 3 is 2.14 bits per heavy atom. The summed E-state index contributed by atoms with van der Waals surface area (Å²) in [6.07, 6.45) is -4.32. The summed E-state index contributed by atoms with van der Waals surface area (Å²) < 4.78 is 55.8. The van der Waals surface area contributed by atoms with Crippen molar-refractivity contribution in [2.45, 2.75) is 52.2 Å². The van der Waals surface area contributed by atoms with Crippen LogP contribution in [0.5, 0.6) is 0 Å². The van der Waals surface area contributed by atoms with Crippen LogP contribution in [0.15, 0.2) is 23.1 Å². The third-order valence-electron chi connectivity index (χ3n) is 5.18. The van der Waals surface area contributed by atoms with Gasteiger partial charge >= 0.3 is 23.9 Å². The number of carbonyl (C=O) groups excluding carboxylic acids is 4. The van der Waals surface area contributed by atoms with Gasteiger partial charge in [-0.2, -0.15) is 0 Å². The van der Waals surface area contributed by atoms with E-state index in [9.17, 15) is 32.8 Å². The maximum Gasteiger partial charge on any atom is 0.343 e. The normalized spacial score (nSPS) is 21.2. The number of benzene rings is 1. The van der Waals surface area contributed by atoms with E-state index in [1.807, 2.05) is 0 Å². The molecule has 0 unspecified atom stereocenters. The second-order valence-electron chi connectivity index (χ2n) is 7.80. The minimum atomic E-state index is -1.43. The second-order valence-corrected chi connectivity index (χ2v) is 7.80. The molecule has 0 amide bonds. The highest BCUT2D eigenvalue weighted by Crippen LogP contribution is 2.36. The predicted octanol–water partition coefficient (Wildman–Crippen LogP) is 1.78. The van der Waals surface area contributed by atoms with Crippen molar-refractivity contribution in [3.8, 4) is 0 Å². The van der Waals surface area contributed by atoms with Crippen LogP contribution in [0, 0.1) is 11.6 Å². The van der Waals surface area contributed by atoms with Gasteiger partial charge in [0.15, 0.2) is 30.1 Å². The Morgan fingerprint density at radius 1 is 0.944 bits per heavy atom. The number of hydrogen-bond donors (Lipinski definition) is 0. The molecule has 194 valence electrons. The summed E-state index contributed by atoms with van der Waals surface area (Å²) in [7, 11) is 0. The van der Waals surface area contributed by atoms with E-state index in [4.69, 9.17) is 23.7 Å². The number of nitrogens with zero attached hydrogens (tertiary/aromatic N) is 1. The maximum atomic E-state index is 14.2. The van der Waals surface area contributed by atoms with Gasteiger partial charge in [-0.1, -0.05) is 0 Å². The third-order valence-corrected chi connectivity index (χ3v) is 5.18. The van der Waals surface area contributed by atoms with Gasteiger partial charge in [-0.15, -0.1) is 0 Å². The van der Waals surface area contributed by atoms with E-state index in [-0.39, 0.29) is 12.1 Å². The highest BCUT2D eigenvalue weighted by Gasteiger charge is 2.51. The first-order valence-electron chi connectivity index (χ1n) is 10.8. The fourth-order valence-electron chi connectivity index (χ4n) is 3.83. The van der Waals surface area contributed by atoms with E-state index in [0.717, 1.165) is 31.5 Å². The minimum Gasteiger partial charge on any atom is -0.463 e. The van der Waals surface area contributed by atoms with Crippen molar-refractivity contribution in [1.82, 2.24) is 4.57 Å². The Hall–Kier alpha value is -3.87. The van der Waals surface area contributed by atoms with Crippen molar-refractivity contribution in [1.29, 1.82) is 0 Å². The first-order valence-corrected chi connectivity index (χ1v) is 10.8. The summed E-state index contributed by atoms with van der Waals surface area (Å²) in [4.78, 5) is 60.5. The van der Waals surface area contributed by atoms with Gasteiger partial charge < -0.3 is 28.3 Å². The van der Waals surface area contributed by atoms with E-state index < -0.39 is 83.0 Å². The molecule has 1 aliphatic heterocycles. The lowest BCUT2D eigenvalue weighted by molar-refractivity contribution is -0.166. The lowest BCUT2D eigenvalue weighted by Gasteiger charge is -2.25. The van der Waals surface area contributed by atoms with Crippen molar-refractivity contribution >= 4 is 34.8 Å². The van der Waals surface area contributed by atoms with Gasteiger partial charge in [0.25, 0.3) is 0 Å². The molecule has 4 atom stereocenters. The van der Waals surface area contributed by atoms with Gasteiger partial charge in [0, 0.05) is 38.4 Å². The van der Waals surface area contributed by atoms with E-state index >= 15 is 0 Å². The van der Waals surface area contributed by atoms with Gasteiger partial charge in [-0.3, -0.25) is 19.2 Å². The van der Waals surface area contributed by atoms with Gasteiger partial charge in [0.1, 0.15) is 18.3 Å². The predicted molar refractivity (Wildman–Crippen MR) is 116 cm³/mol. The highest BCUT2D eigenvalue weighted by atomic mass is 19.2. The molecule has 36 heavy (non-hydrogen) atoms. The van der Waals surface area contributed by atoms with Crippen LogP contribution in [-0.4, -0.2) is 60.0 Å². The topological polar surface area (TPSA) is 136 Å². The summed E-state index contributed by atoms with van der Waals surface area (Å²) in [5.41, 5.74) is -1.69. The molecule has 2 aromatic rings. The van der Waals surface area contributed by atoms with Crippen molar-refractivity contribution in [3.63, 3.8) is 0 Å². The molecule has 0 radical (unpaired) electrons. The van der Waals surface area contributed by atoms with Crippen LogP contribution in [0.1, 0.15) is 44.3 Å². The van der Waals surface area contributed by atoms with Gasteiger partial charge in [-0.05, 0) is 13.0 Å². The van der Waals surface area contributed by atoms with Crippen LogP contribution in [0.25, 0.3) is 10.9 Å². The van der Waals surface area contributed by atoms with Gasteiger partial charge in [0.05, 0.1) is 12.1 Å². The number of aromatic nitrogens is 1. The average Bonchev–Trinajstić information content (AvgIpc) is 3.09. The van der Waals surface area contributed by atoms with Crippen molar-refractivity contribution in [3.05, 3.63) is 45.8 Å². The molecule has 1 fully saturated rings. The standard InChI is InChI=1S/C23H23F2NO10/c1-5-32-23(31)14-8-26(17-7-16(25)15(24)6-13(17)19(14)30)22-21(35-12(4)29)20(34-11(3)28)18(36-22)9-33-10(2)27/h6-8,18,20-22H,5,9H2,1-4H3/t18-,20-,21-,22-/m1/s1. The van der Waals surface area contributed by atoms with Crippen LogP contribution in [0.2, 0.25) is 0 Å². The van der Waals surface area contributed by atoms with E-state index in [2.05, 4.69) is 0 Å². The number of ether oxygens (including phenoxy) is 5. The number of carbonyl (C=O) groups is 4. The number of fused-ring (bicyclic) bond motifs is 1. The van der Waals surface area contributed by atoms with Crippen LogP contribution >= 0.6 is 0 Å². The lowest BCUT2D eigenvalue weighted by Crippen LogP contribution is -2.40. The summed E-state index contributed by atoms with van der Waals surface area (Å²) >= 11 is 0. The molecule has 13 heteroatoms. The van der Waals surface area contributed by atoms with Crippen LogP contribution in [-0.2, 0) is 38.1 Å². The van der Waals surface area contributed by atoms with Crippen molar-refractivity contribution in [2.75, 3.05) is 13.2 Å². The Labute approximate surface area is 202 Å². The van der Waals surface area contributed by atoms with Crippen molar-refractivity contribution < 1.29 is 51.6 Å². The van der Waals surface area contributed by atoms with Crippen LogP contribution in [0.4, 0.5) is 8.78 Å². The Kier molecular flexibility index (Phi) is 8.03. The molecule has 1 aliphatic rings. The summed E-state index contributed by atoms with van der Waals surface area (Å²) in [6.45, 7) is 4.30. The van der Waals surface area contributed by atoms with Crippen LogP contribution < -0.4 is 5.43 Å². The number of halogens is 2. The smallest absolute Gasteiger partial charge is 0.343 e. The zero-order valence-electron chi connectivity index (χ0n) is 19.7. The fourth-order valence-corrected chi connectivity index (χ4v) is 3.83. The molecule has 2 heterocycles. The van der Waals surface area contributed by atoms with Gasteiger partial charge in [-0.25, -0.2) is 13.6 Å². The van der Waals surface area contributed by atoms with Crippen LogP contribution in [0.3, 0.4) is 0 Å². The molecule has 0 saturated carbocycles. The Balaban J connectivity index is 2.26. The highest BCUT2D eigenvalue weighted by molar-refractivity contribution is 5.93. The molecule has 1 aromatic heterocycles. The largest absolute Gasteiger partial charge is 0.463 e. The molecule has 1 saturated heterocycles. The summed E-state index contributed by atoms with van der Waals surface area (Å²) in [6, 6.07) is 1.32. The molecule has 1 aromatic carbocycles. The van der Waals surface area contributed by atoms with E-state index in [1.165, 1.54) is 6.92 Å². The van der Waals surface area contributed by atoms with E-state index in [0.29, 0.717) is 12.1 Å². The monoisotopic (exact) mass is 511 g/mol. The quantitative estimate of drug-likeness (QED) is 0.400. The first kappa shape index (κ1) is 26.7. The average molecular weight is 511 g/mol. The zero-order valence-corrected chi connectivity index (χ0v) is 19.7. The Morgan fingerprint density at radius 2 is 1.56 bits per heavy atom. The molecule has 0 N–H and O–H groups in total. The van der Waals surface area contributed by atoms with Gasteiger partial charge in [0.2, 0.25) is 5.43 Å². The molecule has 0 bridgehead atoms.